The van der Waals surface area contributed by atoms with Crippen LogP contribution in [0.5, 0.6) is 11.5 Å². The van der Waals surface area contributed by atoms with E-state index in [1.165, 1.54) is 17.2 Å². The number of hydrogen-bond donors (Lipinski definition) is 2. The van der Waals surface area contributed by atoms with E-state index < -0.39 is 11.8 Å². The van der Waals surface area contributed by atoms with Gasteiger partial charge in [0, 0.05) is 25.1 Å². The molecule has 1 aliphatic heterocycles. The maximum Gasteiger partial charge on any atom is 0.528 e. The summed E-state index contributed by atoms with van der Waals surface area (Å²) in [4.78, 5) is 16.7. The molecule has 0 bridgehead atoms. The van der Waals surface area contributed by atoms with Crippen LogP contribution in [0.15, 0.2) is 18.2 Å². The molecule has 1 aliphatic rings. The summed E-state index contributed by atoms with van der Waals surface area (Å²) in [6, 6.07) is 4.53. The number of benzene rings is 1. The van der Waals surface area contributed by atoms with Crippen LogP contribution in [0.4, 0.5) is 4.79 Å². The van der Waals surface area contributed by atoms with Gasteiger partial charge in [0.2, 0.25) is 0 Å². The Morgan fingerprint density at radius 3 is 2.67 bits per heavy atom. The number of rotatable bonds is 2. The second-order valence-electron chi connectivity index (χ2n) is 6.17. The highest BCUT2D eigenvalue weighted by Crippen LogP contribution is 2.35. The van der Waals surface area contributed by atoms with E-state index in [1.54, 1.807) is 26.8 Å². The Morgan fingerprint density at radius 2 is 2.05 bits per heavy atom. The van der Waals surface area contributed by atoms with Gasteiger partial charge in [-0.15, -0.1) is 5.06 Å². The second-order valence-corrected chi connectivity index (χ2v) is 6.17. The quantitative estimate of drug-likeness (QED) is 0.817. The first-order valence-electron chi connectivity index (χ1n) is 6.92. The van der Waals surface area contributed by atoms with E-state index in [9.17, 15) is 15.0 Å². The first-order chi connectivity index (χ1) is 9.74. The first-order valence-corrected chi connectivity index (χ1v) is 6.92. The lowest BCUT2D eigenvalue weighted by Gasteiger charge is -2.21. The van der Waals surface area contributed by atoms with Crippen LogP contribution in [0.2, 0.25) is 0 Å². The van der Waals surface area contributed by atoms with E-state index in [-0.39, 0.29) is 17.4 Å². The molecule has 116 valence electrons. The predicted octanol–water partition coefficient (Wildman–Crippen LogP) is 2.75. The fourth-order valence-corrected chi connectivity index (χ4v) is 2.32. The minimum absolute atomic E-state index is 0.0242. The Kier molecular flexibility index (Phi) is 4.27. The number of nitrogens with zero attached hydrogens (tertiary/aromatic N) is 1. The predicted molar refractivity (Wildman–Crippen MR) is 76.0 cm³/mol. The van der Waals surface area contributed by atoms with Crippen molar-refractivity contribution in [1.82, 2.24) is 5.06 Å². The van der Waals surface area contributed by atoms with Crippen molar-refractivity contribution in [2.24, 2.45) is 0 Å². The Labute approximate surface area is 123 Å². The van der Waals surface area contributed by atoms with E-state index in [2.05, 4.69) is 0 Å². The van der Waals surface area contributed by atoms with E-state index in [4.69, 9.17) is 9.57 Å². The van der Waals surface area contributed by atoms with Crippen LogP contribution in [0.25, 0.3) is 0 Å². The van der Waals surface area contributed by atoms with Crippen molar-refractivity contribution in [2.45, 2.75) is 38.7 Å². The summed E-state index contributed by atoms with van der Waals surface area (Å²) in [6.45, 7) is 6.38. The Bertz CT molecular complexity index is 523. The number of carbonyl (C=O) groups excluding carboxylic acids is 1. The molecule has 1 fully saturated rings. The molecule has 0 radical (unpaired) electrons. The van der Waals surface area contributed by atoms with Crippen molar-refractivity contribution in [3.8, 4) is 11.5 Å². The molecule has 1 heterocycles. The lowest BCUT2D eigenvalue weighted by Crippen LogP contribution is -2.30. The molecule has 1 saturated heterocycles. The zero-order valence-corrected chi connectivity index (χ0v) is 12.5. The smallest absolute Gasteiger partial charge is 0.508 e. The maximum absolute atomic E-state index is 11.6. The van der Waals surface area contributed by atoms with Gasteiger partial charge in [-0.3, -0.25) is 0 Å². The normalized spacial score (nSPS) is 19.5. The van der Waals surface area contributed by atoms with E-state index in [0.29, 0.717) is 13.1 Å². The Balaban J connectivity index is 1.93. The van der Waals surface area contributed by atoms with Crippen LogP contribution in [-0.4, -0.2) is 40.1 Å². The van der Waals surface area contributed by atoms with Crippen LogP contribution < -0.4 is 0 Å². The van der Waals surface area contributed by atoms with Gasteiger partial charge >= 0.3 is 6.16 Å². The number of ether oxygens (including phenoxy) is 1. The van der Waals surface area contributed by atoms with Crippen LogP contribution in [0.1, 0.15) is 38.7 Å². The largest absolute Gasteiger partial charge is 0.528 e. The topological polar surface area (TPSA) is 79.2 Å². The van der Waals surface area contributed by atoms with Crippen molar-refractivity contribution in [3.05, 3.63) is 23.8 Å². The lowest BCUT2D eigenvalue weighted by molar-refractivity contribution is -0.130. The SMILES string of the molecule is CC(C)(C)OC(=O)ON1CCC(c2ccc(O)cc2O)C1. The molecule has 1 atom stereocenters. The van der Waals surface area contributed by atoms with Crippen molar-refractivity contribution < 1.29 is 24.6 Å². The van der Waals surface area contributed by atoms with E-state index >= 15 is 0 Å². The van der Waals surface area contributed by atoms with Crippen LogP contribution in [0, 0.1) is 0 Å². The van der Waals surface area contributed by atoms with Gasteiger partial charge in [-0.2, -0.15) is 0 Å². The molecule has 2 rings (SSSR count). The second kappa shape index (κ2) is 5.81. The molecule has 6 nitrogen and oxygen atoms in total. The zero-order chi connectivity index (χ0) is 15.6. The van der Waals surface area contributed by atoms with Gasteiger partial charge in [-0.05, 0) is 38.8 Å². The molecule has 6 heteroatoms. The van der Waals surface area contributed by atoms with E-state index in [1.807, 2.05) is 0 Å². The molecule has 21 heavy (non-hydrogen) atoms. The van der Waals surface area contributed by atoms with Crippen molar-refractivity contribution in [3.63, 3.8) is 0 Å². The number of hydroxylamine groups is 2. The van der Waals surface area contributed by atoms with Crippen molar-refractivity contribution in [2.75, 3.05) is 13.1 Å². The van der Waals surface area contributed by atoms with Crippen molar-refractivity contribution >= 4 is 6.16 Å². The van der Waals surface area contributed by atoms with Crippen LogP contribution in [0.3, 0.4) is 0 Å². The van der Waals surface area contributed by atoms with Gasteiger partial charge in [-0.1, -0.05) is 6.07 Å². The lowest BCUT2D eigenvalue weighted by atomic mass is 9.97. The summed E-state index contributed by atoms with van der Waals surface area (Å²) in [5, 5.41) is 20.7. The third-order valence-electron chi connectivity index (χ3n) is 3.20. The maximum atomic E-state index is 11.6. The zero-order valence-electron chi connectivity index (χ0n) is 12.5. The Morgan fingerprint density at radius 1 is 1.33 bits per heavy atom. The monoisotopic (exact) mass is 295 g/mol. The van der Waals surface area contributed by atoms with Gasteiger partial charge in [0.25, 0.3) is 0 Å². The number of phenols is 2. The minimum Gasteiger partial charge on any atom is -0.508 e. The Hall–Kier alpha value is -1.95. The molecular weight excluding hydrogens is 274 g/mol. The number of hydrogen-bond acceptors (Lipinski definition) is 6. The fourth-order valence-electron chi connectivity index (χ4n) is 2.32. The van der Waals surface area contributed by atoms with Crippen LogP contribution >= 0.6 is 0 Å². The number of phenolic OH excluding ortho intramolecular Hbond substituents is 2. The molecule has 0 amide bonds. The summed E-state index contributed by atoms with van der Waals surface area (Å²) >= 11 is 0. The van der Waals surface area contributed by atoms with Gasteiger partial charge in [0.15, 0.2) is 0 Å². The summed E-state index contributed by atoms with van der Waals surface area (Å²) in [7, 11) is 0. The van der Waals surface area contributed by atoms with Gasteiger partial charge < -0.3 is 19.8 Å². The molecule has 0 saturated carbocycles. The molecule has 0 aliphatic carbocycles. The summed E-state index contributed by atoms with van der Waals surface area (Å²) < 4.78 is 5.09. The summed E-state index contributed by atoms with van der Waals surface area (Å²) in [5.41, 5.74) is 0.147. The minimum atomic E-state index is -0.724. The third kappa shape index (κ3) is 4.26. The molecular formula is C15H21NO5. The number of carbonyl (C=O) groups is 1. The summed E-state index contributed by atoms with van der Waals surface area (Å²) in [6.07, 6.45) is 0.0271. The average molecular weight is 295 g/mol. The van der Waals surface area contributed by atoms with Crippen molar-refractivity contribution in [1.29, 1.82) is 0 Å². The highest BCUT2D eigenvalue weighted by molar-refractivity contribution is 5.60. The standard InChI is InChI=1S/C15H21NO5/c1-15(2,3)20-14(19)21-16-7-6-10(9-16)12-5-4-11(17)8-13(12)18/h4-5,8,10,17-18H,6-7,9H2,1-3H3. The van der Waals surface area contributed by atoms with Gasteiger partial charge in [-0.25, -0.2) is 4.79 Å². The highest BCUT2D eigenvalue weighted by atomic mass is 16.8. The molecule has 1 unspecified atom stereocenters. The highest BCUT2D eigenvalue weighted by Gasteiger charge is 2.30. The molecule has 0 aromatic heterocycles. The number of aromatic hydroxyl groups is 2. The average Bonchev–Trinajstić information content (AvgIpc) is 2.74. The third-order valence-corrected chi connectivity index (χ3v) is 3.20. The first kappa shape index (κ1) is 15.4. The molecule has 1 aromatic rings. The molecule has 2 N–H and O–H groups in total. The van der Waals surface area contributed by atoms with Crippen LogP contribution in [-0.2, 0) is 9.57 Å². The molecule has 0 spiro atoms. The van der Waals surface area contributed by atoms with Gasteiger partial charge in [0.1, 0.15) is 17.1 Å². The van der Waals surface area contributed by atoms with E-state index in [0.717, 1.165) is 12.0 Å². The molecule has 1 aromatic carbocycles. The summed E-state index contributed by atoms with van der Waals surface area (Å²) in [5.74, 6) is 0.128. The van der Waals surface area contributed by atoms with Gasteiger partial charge in [0.05, 0.1) is 0 Å². The fraction of sp³-hybridized carbons (Fsp3) is 0.533.